The molecule has 0 radical (unpaired) electrons. The van der Waals surface area contributed by atoms with Crippen molar-refractivity contribution in [1.29, 1.82) is 0 Å². The highest BCUT2D eigenvalue weighted by Crippen LogP contribution is 2.55. The molecular formula is C8H15N3O. The van der Waals surface area contributed by atoms with Gasteiger partial charge in [0.25, 0.3) is 0 Å². The highest BCUT2D eigenvalue weighted by molar-refractivity contribution is 5.19. The van der Waals surface area contributed by atoms with Crippen molar-refractivity contribution in [2.45, 2.75) is 51.4 Å². The van der Waals surface area contributed by atoms with E-state index in [0.29, 0.717) is 0 Å². The average Bonchev–Trinajstić information content (AvgIpc) is 2.34. The molecule has 4 nitrogen and oxygen atoms in total. The Hall–Kier alpha value is -0.730. The molecule has 68 valence electrons. The Morgan fingerprint density at radius 3 is 2.00 bits per heavy atom. The van der Waals surface area contributed by atoms with Gasteiger partial charge < -0.3 is 4.74 Å². The van der Waals surface area contributed by atoms with E-state index >= 15 is 0 Å². The lowest BCUT2D eigenvalue weighted by Crippen LogP contribution is -2.39. The number of hydrogen-bond donors (Lipinski definition) is 0. The molecule has 0 saturated carbocycles. The maximum Gasteiger partial charge on any atom is 0.105 e. The Kier molecular flexibility index (Phi) is 1.68. The second-order valence-electron chi connectivity index (χ2n) is 4.39. The maximum absolute atomic E-state index is 8.37. The topological polar surface area (TPSA) is 61.3 Å². The molecule has 1 atom stereocenters. The average molecular weight is 169 g/mol. The van der Waals surface area contributed by atoms with Crippen LogP contribution in [0.2, 0.25) is 0 Å². The van der Waals surface area contributed by atoms with E-state index in [4.69, 9.17) is 10.3 Å². The lowest BCUT2D eigenvalue weighted by molar-refractivity contribution is 0.219. The van der Waals surface area contributed by atoms with Crippen molar-refractivity contribution < 1.29 is 4.74 Å². The Balaban J connectivity index is 2.92. The van der Waals surface area contributed by atoms with Gasteiger partial charge in [-0.15, -0.1) is 0 Å². The number of rotatable bonds is 2. The second-order valence-corrected chi connectivity index (χ2v) is 4.39. The SMILES string of the molecule is CC(C)(N=[N+]=[N-])C1(C)OC1(C)C. The zero-order chi connectivity index (χ0) is 9.62. The summed E-state index contributed by atoms with van der Waals surface area (Å²) < 4.78 is 5.54. The molecule has 1 aliphatic heterocycles. The number of epoxide rings is 1. The van der Waals surface area contributed by atoms with Gasteiger partial charge >= 0.3 is 0 Å². The van der Waals surface area contributed by atoms with Crippen molar-refractivity contribution >= 4 is 0 Å². The number of azide groups is 1. The van der Waals surface area contributed by atoms with Crippen LogP contribution in [0.25, 0.3) is 10.4 Å². The Morgan fingerprint density at radius 2 is 1.75 bits per heavy atom. The fourth-order valence-electron chi connectivity index (χ4n) is 1.55. The van der Waals surface area contributed by atoms with Crippen molar-refractivity contribution in [2.75, 3.05) is 0 Å². The summed E-state index contributed by atoms with van der Waals surface area (Å²) in [5.74, 6) is 0. The van der Waals surface area contributed by atoms with Gasteiger partial charge in [-0.1, -0.05) is 19.0 Å². The van der Waals surface area contributed by atoms with E-state index in [1.807, 2.05) is 34.6 Å². The van der Waals surface area contributed by atoms with Gasteiger partial charge in [0.15, 0.2) is 0 Å². The molecule has 0 bridgehead atoms. The normalized spacial score (nSPS) is 32.4. The monoisotopic (exact) mass is 169 g/mol. The highest BCUT2D eigenvalue weighted by Gasteiger charge is 2.67. The van der Waals surface area contributed by atoms with Crippen molar-refractivity contribution in [3.05, 3.63) is 10.4 Å². The molecule has 0 aromatic heterocycles. The summed E-state index contributed by atoms with van der Waals surface area (Å²) in [4.78, 5) is 2.82. The van der Waals surface area contributed by atoms with E-state index in [1.54, 1.807) is 0 Å². The van der Waals surface area contributed by atoms with Gasteiger partial charge in [0.1, 0.15) is 5.60 Å². The molecule has 1 unspecified atom stereocenters. The summed E-state index contributed by atoms with van der Waals surface area (Å²) in [6.07, 6.45) is 0. The van der Waals surface area contributed by atoms with Crippen LogP contribution < -0.4 is 0 Å². The molecule has 0 aromatic carbocycles. The number of hydrogen-bond acceptors (Lipinski definition) is 2. The fraction of sp³-hybridized carbons (Fsp3) is 1.00. The predicted molar refractivity (Wildman–Crippen MR) is 46.8 cm³/mol. The molecule has 0 amide bonds. The van der Waals surface area contributed by atoms with Gasteiger partial charge in [0.05, 0.1) is 11.1 Å². The number of nitrogens with zero attached hydrogens (tertiary/aromatic N) is 3. The van der Waals surface area contributed by atoms with Crippen molar-refractivity contribution in [3.8, 4) is 0 Å². The summed E-state index contributed by atoms with van der Waals surface area (Å²) in [6.45, 7) is 9.76. The van der Waals surface area contributed by atoms with Crippen LogP contribution in [-0.4, -0.2) is 16.7 Å². The van der Waals surface area contributed by atoms with Crippen LogP contribution in [0, 0.1) is 0 Å². The van der Waals surface area contributed by atoms with E-state index in [1.165, 1.54) is 0 Å². The molecule has 0 spiro atoms. The molecule has 1 aliphatic rings. The van der Waals surface area contributed by atoms with Crippen LogP contribution >= 0.6 is 0 Å². The van der Waals surface area contributed by atoms with E-state index in [9.17, 15) is 0 Å². The molecule has 4 heteroatoms. The first-order valence-electron chi connectivity index (χ1n) is 4.03. The molecule has 1 rings (SSSR count). The van der Waals surface area contributed by atoms with E-state index in [2.05, 4.69) is 10.0 Å². The fourth-order valence-corrected chi connectivity index (χ4v) is 1.55. The minimum Gasteiger partial charge on any atom is -0.363 e. The lowest BCUT2D eigenvalue weighted by Gasteiger charge is -2.25. The first-order valence-corrected chi connectivity index (χ1v) is 4.03. The van der Waals surface area contributed by atoms with E-state index in [0.717, 1.165) is 0 Å². The molecule has 0 N–H and O–H groups in total. The van der Waals surface area contributed by atoms with Gasteiger partial charge in [-0.25, -0.2) is 0 Å². The smallest absolute Gasteiger partial charge is 0.105 e. The van der Waals surface area contributed by atoms with Crippen molar-refractivity contribution in [2.24, 2.45) is 5.11 Å². The zero-order valence-corrected chi connectivity index (χ0v) is 8.25. The summed E-state index contributed by atoms with van der Waals surface area (Å²) in [7, 11) is 0. The Labute approximate surface area is 72.5 Å². The first kappa shape index (κ1) is 9.36. The quantitative estimate of drug-likeness (QED) is 0.271. The van der Waals surface area contributed by atoms with Crippen LogP contribution in [0.15, 0.2) is 5.11 Å². The first-order chi connectivity index (χ1) is 5.27. The standard InChI is InChI=1S/C8H15N3O/c1-6(2,10-11-9)8(5)7(3,4)12-8/h1-5H3. The Bertz CT molecular complexity index is 253. The Morgan fingerprint density at radius 1 is 1.33 bits per heavy atom. The van der Waals surface area contributed by atoms with Gasteiger partial charge in [0, 0.05) is 4.91 Å². The van der Waals surface area contributed by atoms with Gasteiger partial charge in [-0.3, -0.25) is 0 Å². The van der Waals surface area contributed by atoms with Crippen LogP contribution in [0.4, 0.5) is 0 Å². The third kappa shape index (κ3) is 0.993. The summed E-state index contributed by atoms with van der Waals surface area (Å²) in [5.41, 5.74) is 7.38. The second kappa shape index (κ2) is 2.15. The minimum absolute atomic E-state index is 0.176. The van der Waals surface area contributed by atoms with Crippen LogP contribution in [0.3, 0.4) is 0 Å². The largest absolute Gasteiger partial charge is 0.363 e. The van der Waals surface area contributed by atoms with Crippen LogP contribution in [-0.2, 0) is 4.74 Å². The van der Waals surface area contributed by atoms with Gasteiger partial charge in [-0.2, -0.15) is 0 Å². The molecule has 12 heavy (non-hydrogen) atoms. The third-order valence-electron chi connectivity index (χ3n) is 3.03. The van der Waals surface area contributed by atoms with Crippen LogP contribution in [0.5, 0.6) is 0 Å². The summed E-state index contributed by atoms with van der Waals surface area (Å²) >= 11 is 0. The zero-order valence-electron chi connectivity index (χ0n) is 8.25. The predicted octanol–water partition coefficient (Wildman–Crippen LogP) is 2.64. The van der Waals surface area contributed by atoms with Gasteiger partial charge in [-0.05, 0) is 26.3 Å². The maximum atomic E-state index is 8.37. The molecule has 1 fully saturated rings. The molecule has 0 aliphatic carbocycles. The lowest BCUT2D eigenvalue weighted by atomic mass is 9.81. The van der Waals surface area contributed by atoms with E-state index in [-0.39, 0.29) is 11.2 Å². The van der Waals surface area contributed by atoms with Crippen molar-refractivity contribution in [3.63, 3.8) is 0 Å². The van der Waals surface area contributed by atoms with E-state index < -0.39 is 5.54 Å². The van der Waals surface area contributed by atoms with Gasteiger partial charge in [0.2, 0.25) is 0 Å². The summed E-state index contributed by atoms with van der Waals surface area (Å²) in [5, 5.41) is 3.74. The third-order valence-corrected chi connectivity index (χ3v) is 3.03. The molecule has 1 heterocycles. The van der Waals surface area contributed by atoms with Crippen molar-refractivity contribution in [1.82, 2.24) is 0 Å². The van der Waals surface area contributed by atoms with Crippen LogP contribution in [0.1, 0.15) is 34.6 Å². The minimum atomic E-state index is -0.481. The molecule has 1 saturated heterocycles. The molecule has 0 aromatic rings. The number of ether oxygens (including phenoxy) is 1. The summed E-state index contributed by atoms with van der Waals surface area (Å²) in [6, 6.07) is 0. The highest BCUT2D eigenvalue weighted by atomic mass is 16.6. The molecular weight excluding hydrogens is 154 g/mol.